The van der Waals surface area contributed by atoms with Crippen molar-refractivity contribution in [1.82, 2.24) is 14.7 Å². The Balaban J connectivity index is 1.44. The van der Waals surface area contributed by atoms with Crippen molar-refractivity contribution < 1.29 is 4.74 Å². The molecule has 0 aromatic carbocycles. The molecule has 5 nitrogen and oxygen atoms in total. The first-order valence-electron chi connectivity index (χ1n) is 8.38. The topological polar surface area (TPSA) is 62.4 Å². The van der Waals surface area contributed by atoms with Crippen molar-refractivity contribution in [3.05, 3.63) is 35.8 Å². The summed E-state index contributed by atoms with van der Waals surface area (Å²) in [5.41, 5.74) is 2.86. The molecule has 23 heavy (non-hydrogen) atoms. The molecule has 5 heteroatoms. The molecule has 1 saturated carbocycles. The summed E-state index contributed by atoms with van der Waals surface area (Å²) in [6.45, 7) is 4.95. The molecule has 1 N–H and O–H groups in total. The van der Waals surface area contributed by atoms with Gasteiger partial charge in [0.15, 0.2) is 0 Å². The summed E-state index contributed by atoms with van der Waals surface area (Å²) in [7, 11) is 0. The molecule has 120 valence electrons. The van der Waals surface area contributed by atoms with Gasteiger partial charge in [0.05, 0.1) is 23.6 Å². The molecule has 0 radical (unpaired) electrons. The summed E-state index contributed by atoms with van der Waals surface area (Å²) in [5, 5.41) is 12.6. The molecule has 3 heterocycles. The molecule has 2 aromatic heterocycles. The maximum atomic E-state index is 9.05. The molecule has 0 bridgehead atoms. The molecule has 2 atom stereocenters. The quantitative estimate of drug-likeness (QED) is 0.921. The van der Waals surface area contributed by atoms with Gasteiger partial charge in [-0.05, 0) is 37.3 Å². The highest BCUT2D eigenvalue weighted by molar-refractivity contribution is 5.44. The third-order valence-corrected chi connectivity index (χ3v) is 5.25. The minimum atomic E-state index is 0.236. The molecule has 1 saturated heterocycles. The molecule has 2 fully saturated rings. The van der Waals surface area contributed by atoms with Crippen LogP contribution in [-0.4, -0.2) is 28.6 Å². The Morgan fingerprint density at radius 3 is 3.13 bits per heavy atom. The van der Waals surface area contributed by atoms with Crippen molar-refractivity contribution in [2.24, 2.45) is 11.3 Å². The van der Waals surface area contributed by atoms with Gasteiger partial charge in [-0.1, -0.05) is 6.92 Å². The van der Waals surface area contributed by atoms with Crippen LogP contribution < -0.4 is 5.32 Å². The maximum Gasteiger partial charge on any atom is 0.137 e. The normalized spacial score (nSPS) is 27.4. The molecule has 2 aliphatic rings. The summed E-state index contributed by atoms with van der Waals surface area (Å²) in [6, 6.07) is 5.87. The number of hydrogen-bond donors (Lipinski definition) is 1. The summed E-state index contributed by atoms with van der Waals surface area (Å²) in [4.78, 5) is 4.40. The second kappa shape index (κ2) is 5.63. The van der Waals surface area contributed by atoms with E-state index in [2.05, 4.69) is 23.3 Å². The Labute approximate surface area is 136 Å². The minimum absolute atomic E-state index is 0.236. The molecule has 2 unspecified atom stereocenters. The molecule has 1 aliphatic carbocycles. The molecular formula is C18H22N4O. The summed E-state index contributed by atoms with van der Waals surface area (Å²) in [5.74, 6) is 0.776. The lowest BCUT2D eigenvalue weighted by Crippen LogP contribution is -2.39. The number of rotatable bonds is 5. The van der Waals surface area contributed by atoms with Crippen LogP contribution in [-0.2, 0) is 11.3 Å². The maximum absolute atomic E-state index is 9.05. The van der Waals surface area contributed by atoms with Crippen molar-refractivity contribution >= 4 is 5.65 Å². The summed E-state index contributed by atoms with van der Waals surface area (Å²) >= 11 is 0. The van der Waals surface area contributed by atoms with Gasteiger partial charge in [-0.3, -0.25) is 0 Å². The van der Waals surface area contributed by atoms with Gasteiger partial charge in [-0.25, -0.2) is 4.98 Å². The largest absolute Gasteiger partial charge is 0.377 e. The van der Waals surface area contributed by atoms with Crippen molar-refractivity contribution in [3.63, 3.8) is 0 Å². The zero-order chi connectivity index (χ0) is 15.9. The van der Waals surface area contributed by atoms with E-state index in [0.717, 1.165) is 43.4 Å². The van der Waals surface area contributed by atoms with Crippen LogP contribution in [0.2, 0.25) is 0 Å². The van der Waals surface area contributed by atoms with Crippen LogP contribution in [0.3, 0.4) is 0 Å². The minimum Gasteiger partial charge on any atom is -0.377 e. The van der Waals surface area contributed by atoms with Gasteiger partial charge in [0, 0.05) is 31.3 Å². The van der Waals surface area contributed by atoms with Gasteiger partial charge in [-0.2, -0.15) is 5.26 Å². The Morgan fingerprint density at radius 2 is 2.35 bits per heavy atom. The monoisotopic (exact) mass is 310 g/mol. The van der Waals surface area contributed by atoms with Gasteiger partial charge in [-0.15, -0.1) is 0 Å². The van der Waals surface area contributed by atoms with Gasteiger partial charge in [0.25, 0.3) is 0 Å². The second-order valence-electron chi connectivity index (χ2n) is 7.14. The van der Waals surface area contributed by atoms with E-state index in [-0.39, 0.29) is 5.41 Å². The number of imidazole rings is 1. The number of pyridine rings is 1. The molecule has 1 aliphatic heterocycles. The zero-order valence-electron chi connectivity index (χ0n) is 13.5. The third-order valence-electron chi connectivity index (χ3n) is 5.25. The number of nitriles is 1. The molecular weight excluding hydrogens is 288 g/mol. The smallest absolute Gasteiger partial charge is 0.137 e. The predicted molar refractivity (Wildman–Crippen MR) is 86.8 cm³/mol. The van der Waals surface area contributed by atoms with E-state index < -0.39 is 0 Å². The lowest BCUT2D eigenvalue weighted by atomic mass is 9.81. The zero-order valence-corrected chi connectivity index (χ0v) is 13.5. The second-order valence-corrected chi connectivity index (χ2v) is 7.14. The van der Waals surface area contributed by atoms with Crippen LogP contribution in [0.5, 0.6) is 0 Å². The first-order chi connectivity index (χ1) is 11.2. The van der Waals surface area contributed by atoms with E-state index in [0.29, 0.717) is 11.7 Å². The van der Waals surface area contributed by atoms with Crippen molar-refractivity contribution in [2.75, 3.05) is 13.2 Å². The Hall–Kier alpha value is -1.90. The van der Waals surface area contributed by atoms with Crippen LogP contribution in [0, 0.1) is 22.7 Å². The van der Waals surface area contributed by atoms with Crippen LogP contribution >= 0.6 is 0 Å². The number of hydrogen-bond acceptors (Lipinski definition) is 4. The molecule has 2 aromatic rings. The van der Waals surface area contributed by atoms with Crippen LogP contribution in [0.15, 0.2) is 24.5 Å². The Bertz CT molecular complexity index is 758. The first kappa shape index (κ1) is 14.7. The van der Waals surface area contributed by atoms with Crippen molar-refractivity contribution in [3.8, 4) is 6.07 Å². The van der Waals surface area contributed by atoms with Gasteiger partial charge in [0.1, 0.15) is 11.7 Å². The molecule has 4 rings (SSSR count). The summed E-state index contributed by atoms with van der Waals surface area (Å²) < 4.78 is 7.98. The predicted octanol–water partition coefficient (Wildman–Crippen LogP) is 2.50. The van der Waals surface area contributed by atoms with Crippen molar-refractivity contribution in [2.45, 2.75) is 38.8 Å². The number of ether oxygens (including phenoxy) is 1. The third kappa shape index (κ3) is 2.73. The molecule has 0 amide bonds. The van der Waals surface area contributed by atoms with Crippen LogP contribution in [0.4, 0.5) is 0 Å². The van der Waals surface area contributed by atoms with E-state index in [1.807, 2.05) is 22.9 Å². The van der Waals surface area contributed by atoms with E-state index in [1.54, 1.807) is 6.07 Å². The standard InChI is InChI=1S/C18H22N4O/c1-18(6-7-23-17(18)14-3-4-14)12-20-9-15-10-21-16-5-2-13(8-19)11-22(15)16/h2,5,10-11,14,17,20H,3-4,6-7,9,12H2,1H3. The van der Waals surface area contributed by atoms with Gasteiger partial charge >= 0.3 is 0 Å². The Kier molecular flexibility index (Phi) is 3.59. The highest BCUT2D eigenvalue weighted by Gasteiger charge is 2.47. The van der Waals surface area contributed by atoms with Gasteiger partial charge in [0.2, 0.25) is 0 Å². The van der Waals surface area contributed by atoms with Crippen LogP contribution in [0.25, 0.3) is 5.65 Å². The van der Waals surface area contributed by atoms with E-state index in [1.165, 1.54) is 12.8 Å². The fraction of sp³-hybridized carbons (Fsp3) is 0.556. The number of aromatic nitrogens is 2. The SMILES string of the molecule is CC1(CNCc2cnc3ccc(C#N)cn23)CCOC1C1CC1. The first-order valence-corrected chi connectivity index (χ1v) is 8.38. The van der Waals surface area contributed by atoms with E-state index >= 15 is 0 Å². The summed E-state index contributed by atoms with van der Waals surface area (Å²) in [6.07, 6.45) is 7.94. The Morgan fingerprint density at radius 1 is 1.48 bits per heavy atom. The van der Waals surface area contributed by atoms with E-state index in [9.17, 15) is 0 Å². The van der Waals surface area contributed by atoms with Crippen molar-refractivity contribution in [1.29, 1.82) is 5.26 Å². The number of fused-ring (bicyclic) bond motifs is 1. The lowest BCUT2D eigenvalue weighted by Gasteiger charge is -2.30. The molecule has 0 spiro atoms. The van der Waals surface area contributed by atoms with Crippen LogP contribution in [0.1, 0.15) is 37.4 Å². The highest BCUT2D eigenvalue weighted by Crippen LogP contribution is 2.47. The average molecular weight is 310 g/mol. The highest BCUT2D eigenvalue weighted by atomic mass is 16.5. The number of nitrogens with zero attached hydrogens (tertiary/aromatic N) is 3. The van der Waals surface area contributed by atoms with Gasteiger partial charge < -0.3 is 14.5 Å². The fourth-order valence-electron chi connectivity index (χ4n) is 3.76. The fourth-order valence-corrected chi connectivity index (χ4v) is 3.76. The average Bonchev–Trinajstić information content (AvgIpc) is 3.22. The lowest BCUT2D eigenvalue weighted by molar-refractivity contribution is 0.0386. The number of nitrogens with one attached hydrogen (secondary N) is 1. The van der Waals surface area contributed by atoms with E-state index in [4.69, 9.17) is 10.00 Å².